The Morgan fingerprint density at radius 2 is 2.15 bits per heavy atom. The molecule has 2 heterocycles. The molecule has 0 radical (unpaired) electrons. The zero-order valence-electron chi connectivity index (χ0n) is 8.24. The van der Waals surface area contributed by atoms with Gasteiger partial charge < -0.3 is 9.64 Å². The highest BCUT2D eigenvalue weighted by atomic mass is 16.5. The lowest BCUT2D eigenvalue weighted by Gasteiger charge is -2.36. The number of hydrogen-bond donors (Lipinski definition) is 0. The molecule has 2 nitrogen and oxygen atoms in total. The van der Waals surface area contributed by atoms with Crippen LogP contribution in [0.5, 0.6) is 0 Å². The van der Waals surface area contributed by atoms with E-state index in [4.69, 9.17) is 4.74 Å². The van der Waals surface area contributed by atoms with Crippen molar-refractivity contribution in [1.29, 1.82) is 0 Å². The number of fused-ring (bicyclic) bond motifs is 2. The monoisotopic (exact) mass is 181 g/mol. The third-order valence-electron chi connectivity index (χ3n) is 3.88. The molecule has 0 spiro atoms. The second-order valence-electron chi connectivity index (χ2n) is 5.07. The summed E-state index contributed by atoms with van der Waals surface area (Å²) >= 11 is 0. The molecule has 3 fully saturated rings. The molecule has 1 aliphatic carbocycles. The quantitative estimate of drug-likeness (QED) is 0.640. The maximum atomic E-state index is 5.70. The molecule has 2 heteroatoms. The van der Waals surface area contributed by atoms with Gasteiger partial charge in [-0.3, -0.25) is 0 Å². The normalized spacial score (nSPS) is 40.6. The van der Waals surface area contributed by atoms with Crippen LogP contribution in [0, 0.1) is 11.8 Å². The third kappa shape index (κ3) is 1.62. The molecule has 3 aliphatic rings. The highest BCUT2D eigenvalue weighted by Crippen LogP contribution is 2.31. The maximum Gasteiger partial charge on any atom is 0.0706 e. The van der Waals surface area contributed by atoms with Crippen LogP contribution in [0.25, 0.3) is 0 Å². The first kappa shape index (κ1) is 8.25. The van der Waals surface area contributed by atoms with Gasteiger partial charge in [0, 0.05) is 19.6 Å². The molecule has 0 aromatic carbocycles. The highest BCUT2D eigenvalue weighted by molar-refractivity contribution is 4.86. The number of hydrogen-bond acceptors (Lipinski definition) is 2. The number of likely N-dealkylation sites (tertiary alicyclic amines) is 1. The van der Waals surface area contributed by atoms with Crippen molar-refractivity contribution >= 4 is 0 Å². The molecule has 2 unspecified atom stereocenters. The fourth-order valence-corrected chi connectivity index (χ4v) is 2.95. The molecule has 0 aromatic heterocycles. The first-order chi connectivity index (χ1) is 6.40. The first-order valence-corrected chi connectivity index (χ1v) is 5.74. The van der Waals surface area contributed by atoms with E-state index >= 15 is 0 Å². The summed E-state index contributed by atoms with van der Waals surface area (Å²) in [7, 11) is 0. The standard InChI is InChI=1S/C11H19NO/c1-2-9(3-1)5-12-6-10-4-11(7-12)13-8-10/h9-11H,1-8H2. The number of nitrogens with zero attached hydrogens (tertiary/aromatic N) is 1. The molecule has 3 rings (SSSR count). The zero-order valence-corrected chi connectivity index (χ0v) is 8.24. The molecule has 2 aliphatic heterocycles. The fourth-order valence-electron chi connectivity index (χ4n) is 2.95. The van der Waals surface area contributed by atoms with E-state index in [9.17, 15) is 0 Å². The Bertz CT molecular complexity index is 179. The minimum atomic E-state index is 0.582. The van der Waals surface area contributed by atoms with Crippen LogP contribution >= 0.6 is 0 Å². The largest absolute Gasteiger partial charge is 0.377 e. The minimum absolute atomic E-state index is 0.582. The molecule has 0 N–H and O–H groups in total. The molecule has 0 aromatic rings. The van der Waals surface area contributed by atoms with E-state index in [0.29, 0.717) is 6.10 Å². The Labute approximate surface area is 80.2 Å². The Kier molecular flexibility index (Phi) is 2.06. The molecule has 0 amide bonds. The average Bonchev–Trinajstić information content (AvgIpc) is 2.39. The minimum Gasteiger partial charge on any atom is -0.377 e. The summed E-state index contributed by atoms with van der Waals surface area (Å²) in [6, 6.07) is 0. The van der Waals surface area contributed by atoms with Crippen LogP contribution in [0.3, 0.4) is 0 Å². The second-order valence-corrected chi connectivity index (χ2v) is 5.07. The van der Waals surface area contributed by atoms with Crippen LogP contribution in [0.4, 0.5) is 0 Å². The van der Waals surface area contributed by atoms with Crippen LogP contribution in [0.2, 0.25) is 0 Å². The summed E-state index contributed by atoms with van der Waals surface area (Å²) in [5.74, 6) is 1.89. The van der Waals surface area contributed by atoms with Crippen molar-refractivity contribution < 1.29 is 4.74 Å². The van der Waals surface area contributed by atoms with Gasteiger partial charge in [0.05, 0.1) is 12.7 Å². The first-order valence-electron chi connectivity index (χ1n) is 5.74. The Balaban J connectivity index is 1.54. The van der Waals surface area contributed by atoms with Gasteiger partial charge in [-0.1, -0.05) is 6.42 Å². The number of ether oxygens (including phenoxy) is 1. The fraction of sp³-hybridized carbons (Fsp3) is 1.00. The van der Waals surface area contributed by atoms with Crippen LogP contribution < -0.4 is 0 Å². The predicted octanol–water partition coefficient (Wildman–Crippen LogP) is 1.51. The summed E-state index contributed by atoms with van der Waals surface area (Å²) in [6.45, 7) is 4.92. The van der Waals surface area contributed by atoms with Crippen LogP contribution in [-0.4, -0.2) is 37.2 Å². The van der Waals surface area contributed by atoms with Gasteiger partial charge >= 0.3 is 0 Å². The highest BCUT2D eigenvalue weighted by Gasteiger charge is 2.34. The Morgan fingerprint density at radius 3 is 2.85 bits per heavy atom. The van der Waals surface area contributed by atoms with E-state index in [1.807, 2.05) is 0 Å². The summed E-state index contributed by atoms with van der Waals surface area (Å²) < 4.78 is 5.70. The molecule has 1 saturated carbocycles. The van der Waals surface area contributed by atoms with E-state index in [2.05, 4.69) is 4.90 Å². The maximum absolute atomic E-state index is 5.70. The molecule has 2 atom stereocenters. The van der Waals surface area contributed by atoms with E-state index in [1.54, 1.807) is 0 Å². The zero-order chi connectivity index (χ0) is 8.67. The van der Waals surface area contributed by atoms with Gasteiger partial charge in [0.1, 0.15) is 0 Å². The smallest absolute Gasteiger partial charge is 0.0706 e. The average molecular weight is 181 g/mol. The van der Waals surface area contributed by atoms with E-state index in [0.717, 1.165) is 18.4 Å². The van der Waals surface area contributed by atoms with Gasteiger partial charge in [-0.2, -0.15) is 0 Å². The number of rotatable bonds is 2. The van der Waals surface area contributed by atoms with E-state index in [-0.39, 0.29) is 0 Å². The SMILES string of the molecule is C1CC(CN2CC3COC(C3)C2)C1. The lowest BCUT2D eigenvalue weighted by Crippen LogP contribution is -2.42. The molecule has 13 heavy (non-hydrogen) atoms. The van der Waals surface area contributed by atoms with Gasteiger partial charge in [-0.05, 0) is 31.1 Å². The molecule has 2 bridgehead atoms. The van der Waals surface area contributed by atoms with Crippen LogP contribution in [-0.2, 0) is 4.74 Å². The van der Waals surface area contributed by atoms with Gasteiger partial charge in [0.15, 0.2) is 0 Å². The van der Waals surface area contributed by atoms with Crippen LogP contribution in [0.1, 0.15) is 25.7 Å². The Morgan fingerprint density at radius 1 is 1.23 bits per heavy atom. The van der Waals surface area contributed by atoms with Gasteiger partial charge in [-0.15, -0.1) is 0 Å². The predicted molar refractivity (Wildman–Crippen MR) is 51.6 cm³/mol. The lowest BCUT2D eigenvalue weighted by atomic mass is 9.84. The van der Waals surface area contributed by atoms with Crippen molar-refractivity contribution in [3.8, 4) is 0 Å². The van der Waals surface area contributed by atoms with Crippen molar-refractivity contribution in [2.75, 3.05) is 26.2 Å². The Hall–Kier alpha value is -0.0800. The molecule has 74 valence electrons. The molecule has 2 saturated heterocycles. The van der Waals surface area contributed by atoms with Gasteiger partial charge in [0.25, 0.3) is 0 Å². The van der Waals surface area contributed by atoms with Crippen LogP contribution in [0.15, 0.2) is 0 Å². The van der Waals surface area contributed by atoms with Crippen molar-refractivity contribution in [3.05, 3.63) is 0 Å². The summed E-state index contributed by atoms with van der Waals surface area (Å²) in [6.07, 6.45) is 6.35. The molecular weight excluding hydrogens is 162 g/mol. The summed E-state index contributed by atoms with van der Waals surface area (Å²) in [4.78, 5) is 2.65. The van der Waals surface area contributed by atoms with Crippen molar-refractivity contribution in [2.45, 2.75) is 31.8 Å². The summed E-state index contributed by atoms with van der Waals surface area (Å²) in [5, 5.41) is 0. The van der Waals surface area contributed by atoms with Crippen molar-refractivity contribution in [1.82, 2.24) is 4.90 Å². The molecular formula is C11H19NO. The van der Waals surface area contributed by atoms with Crippen molar-refractivity contribution in [2.24, 2.45) is 11.8 Å². The summed E-state index contributed by atoms with van der Waals surface area (Å²) in [5.41, 5.74) is 0. The van der Waals surface area contributed by atoms with Gasteiger partial charge in [-0.25, -0.2) is 0 Å². The lowest BCUT2D eigenvalue weighted by molar-refractivity contribution is 0.0706. The number of piperidine rings is 1. The van der Waals surface area contributed by atoms with E-state index < -0.39 is 0 Å². The third-order valence-corrected chi connectivity index (χ3v) is 3.88. The van der Waals surface area contributed by atoms with E-state index in [1.165, 1.54) is 45.3 Å². The second kappa shape index (κ2) is 3.25. The van der Waals surface area contributed by atoms with Crippen molar-refractivity contribution in [3.63, 3.8) is 0 Å². The topological polar surface area (TPSA) is 12.5 Å². The van der Waals surface area contributed by atoms with Gasteiger partial charge in [0.2, 0.25) is 0 Å².